The summed E-state index contributed by atoms with van der Waals surface area (Å²) in [6.45, 7) is 1.70. The van der Waals surface area contributed by atoms with Crippen LogP contribution in [0.5, 0.6) is 5.75 Å². The van der Waals surface area contributed by atoms with Gasteiger partial charge in [-0.05, 0) is 48.9 Å². The topological polar surface area (TPSA) is 103 Å². The third-order valence-corrected chi connectivity index (χ3v) is 3.46. The van der Waals surface area contributed by atoms with Crippen molar-refractivity contribution < 1.29 is 32.4 Å². The van der Waals surface area contributed by atoms with Gasteiger partial charge >= 0.3 is 12.1 Å². The molecule has 154 valence electrons. The molecule has 2 aromatic carbocycles. The van der Waals surface area contributed by atoms with Gasteiger partial charge in [0.2, 0.25) is 0 Å². The van der Waals surface area contributed by atoms with E-state index in [0.29, 0.717) is 17.4 Å². The van der Waals surface area contributed by atoms with E-state index in [4.69, 9.17) is 9.47 Å². The summed E-state index contributed by atoms with van der Waals surface area (Å²) >= 11 is 0. The van der Waals surface area contributed by atoms with Gasteiger partial charge < -0.3 is 9.47 Å². The Balaban J connectivity index is 2.02. The van der Waals surface area contributed by atoms with E-state index in [2.05, 4.69) is 10.5 Å². The number of esters is 1. The van der Waals surface area contributed by atoms with Crippen molar-refractivity contribution in [3.63, 3.8) is 0 Å². The Morgan fingerprint density at radius 3 is 2.52 bits per heavy atom. The maximum absolute atomic E-state index is 12.7. The molecule has 0 unspecified atom stereocenters. The Morgan fingerprint density at radius 2 is 1.93 bits per heavy atom. The fourth-order valence-corrected chi connectivity index (χ4v) is 2.12. The number of halogens is 3. The van der Waals surface area contributed by atoms with Gasteiger partial charge in [0.15, 0.2) is 6.61 Å². The minimum absolute atomic E-state index is 0.186. The first-order chi connectivity index (χ1) is 13.7. The molecule has 0 aliphatic rings. The number of carbonyl (C=O) groups excluding carboxylic acids is 1. The summed E-state index contributed by atoms with van der Waals surface area (Å²) in [5, 5.41) is 14.8. The maximum atomic E-state index is 12.7. The largest absolute Gasteiger partial charge is 0.482 e. The maximum Gasteiger partial charge on any atom is 0.416 e. The Hall–Kier alpha value is -3.63. The van der Waals surface area contributed by atoms with Gasteiger partial charge in [-0.3, -0.25) is 15.5 Å². The summed E-state index contributed by atoms with van der Waals surface area (Å²) in [5.74, 6) is -0.0815. The number of nitro benzene ring substituents is 1. The minimum Gasteiger partial charge on any atom is -0.482 e. The number of benzene rings is 2. The van der Waals surface area contributed by atoms with Crippen molar-refractivity contribution in [3.05, 3.63) is 63.7 Å². The second-order valence-electron chi connectivity index (χ2n) is 5.52. The first-order valence-electron chi connectivity index (χ1n) is 8.24. The van der Waals surface area contributed by atoms with E-state index in [1.54, 1.807) is 31.2 Å². The molecule has 0 fully saturated rings. The number of nitro groups is 1. The molecule has 0 radical (unpaired) electrons. The number of hydrogen-bond acceptors (Lipinski definition) is 7. The number of alkyl halides is 3. The van der Waals surface area contributed by atoms with E-state index in [0.717, 1.165) is 12.1 Å². The molecular weight excluding hydrogens is 395 g/mol. The quantitative estimate of drug-likeness (QED) is 0.305. The fourth-order valence-electron chi connectivity index (χ4n) is 2.12. The standard InChI is InChI=1S/C18H16F3N3O5/c1-2-28-17(25)11-29-14-6-3-12(4-7-14)10-22-23-15-8-5-13(18(19,20)21)9-16(15)24(26)27/h3-10,23H,2,11H2,1H3/b22-10-. The van der Waals surface area contributed by atoms with E-state index in [-0.39, 0.29) is 18.9 Å². The van der Waals surface area contributed by atoms with Gasteiger partial charge in [-0.25, -0.2) is 4.79 Å². The monoisotopic (exact) mass is 411 g/mol. The van der Waals surface area contributed by atoms with Gasteiger partial charge in [0, 0.05) is 6.07 Å². The zero-order valence-electron chi connectivity index (χ0n) is 15.1. The van der Waals surface area contributed by atoms with Crippen LogP contribution in [0.4, 0.5) is 24.5 Å². The molecular formula is C18H16F3N3O5. The van der Waals surface area contributed by atoms with Gasteiger partial charge in [-0.15, -0.1) is 0 Å². The van der Waals surface area contributed by atoms with Crippen LogP contribution in [0, 0.1) is 10.1 Å². The molecule has 0 aliphatic carbocycles. The number of rotatable bonds is 8. The Bertz CT molecular complexity index is 899. The van der Waals surface area contributed by atoms with Crippen LogP contribution >= 0.6 is 0 Å². The molecule has 0 bridgehead atoms. The highest BCUT2D eigenvalue weighted by atomic mass is 19.4. The summed E-state index contributed by atoms with van der Waals surface area (Å²) in [7, 11) is 0. The molecule has 0 atom stereocenters. The number of hydrogen-bond donors (Lipinski definition) is 1. The summed E-state index contributed by atoms with van der Waals surface area (Å²) < 4.78 is 48.1. The summed E-state index contributed by atoms with van der Waals surface area (Å²) in [4.78, 5) is 21.3. The molecule has 1 N–H and O–H groups in total. The van der Waals surface area contributed by atoms with Crippen LogP contribution in [-0.2, 0) is 15.7 Å². The molecule has 0 amide bonds. The molecule has 29 heavy (non-hydrogen) atoms. The highest BCUT2D eigenvalue weighted by molar-refractivity contribution is 5.81. The highest BCUT2D eigenvalue weighted by Crippen LogP contribution is 2.34. The van der Waals surface area contributed by atoms with Crippen LogP contribution in [-0.4, -0.2) is 30.3 Å². The summed E-state index contributed by atoms with van der Waals surface area (Å²) in [6, 6.07) is 8.45. The van der Waals surface area contributed by atoms with Gasteiger partial charge in [0.1, 0.15) is 11.4 Å². The Morgan fingerprint density at radius 1 is 1.24 bits per heavy atom. The number of anilines is 1. The number of nitrogens with zero attached hydrogens (tertiary/aromatic N) is 2. The Labute approximate surface area is 163 Å². The third-order valence-electron chi connectivity index (χ3n) is 3.46. The fraction of sp³-hybridized carbons (Fsp3) is 0.222. The first-order valence-corrected chi connectivity index (χ1v) is 8.24. The molecule has 0 spiro atoms. The molecule has 0 aliphatic heterocycles. The predicted octanol–water partition coefficient (Wildman–Crippen LogP) is 4.00. The summed E-state index contributed by atoms with van der Waals surface area (Å²) in [5.41, 5.74) is 0.873. The van der Waals surface area contributed by atoms with E-state index in [1.165, 1.54) is 6.21 Å². The number of ether oxygens (including phenoxy) is 2. The lowest BCUT2D eigenvalue weighted by atomic mass is 10.1. The second kappa shape index (κ2) is 9.53. The summed E-state index contributed by atoms with van der Waals surface area (Å²) in [6.07, 6.45) is -3.37. The highest BCUT2D eigenvalue weighted by Gasteiger charge is 2.33. The molecule has 11 heteroatoms. The molecule has 0 heterocycles. The van der Waals surface area contributed by atoms with Crippen molar-refractivity contribution in [2.45, 2.75) is 13.1 Å². The van der Waals surface area contributed by atoms with Crippen LogP contribution < -0.4 is 10.2 Å². The van der Waals surface area contributed by atoms with E-state index >= 15 is 0 Å². The average Bonchev–Trinajstić information content (AvgIpc) is 2.67. The number of carbonyl (C=O) groups is 1. The minimum atomic E-state index is -4.69. The molecule has 0 saturated carbocycles. The molecule has 2 rings (SSSR count). The van der Waals surface area contributed by atoms with Crippen LogP contribution in [0.3, 0.4) is 0 Å². The number of hydrazone groups is 1. The van der Waals surface area contributed by atoms with Crippen molar-refractivity contribution in [2.24, 2.45) is 5.10 Å². The van der Waals surface area contributed by atoms with Crippen molar-refractivity contribution in [3.8, 4) is 5.75 Å². The normalized spacial score (nSPS) is 11.3. The molecule has 8 nitrogen and oxygen atoms in total. The second-order valence-corrected chi connectivity index (χ2v) is 5.52. The SMILES string of the molecule is CCOC(=O)COc1ccc(/C=N\Nc2ccc(C(F)(F)F)cc2[N+](=O)[O-])cc1. The van der Waals surface area contributed by atoms with Gasteiger partial charge in [0.05, 0.1) is 23.3 Å². The van der Waals surface area contributed by atoms with E-state index in [1.807, 2.05) is 0 Å². The van der Waals surface area contributed by atoms with Crippen molar-refractivity contribution in [1.82, 2.24) is 0 Å². The van der Waals surface area contributed by atoms with Gasteiger partial charge in [-0.1, -0.05) is 0 Å². The van der Waals surface area contributed by atoms with Crippen molar-refractivity contribution in [1.29, 1.82) is 0 Å². The lowest BCUT2D eigenvalue weighted by molar-refractivity contribution is -0.384. The average molecular weight is 411 g/mol. The van der Waals surface area contributed by atoms with Gasteiger partial charge in [0.25, 0.3) is 5.69 Å². The smallest absolute Gasteiger partial charge is 0.416 e. The lowest BCUT2D eigenvalue weighted by Crippen LogP contribution is -2.14. The van der Waals surface area contributed by atoms with E-state index in [9.17, 15) is 28.1 Å². The number of nitrogens with one attached hydrogen (secondary N) is 1. The zero-order valence-corrected chi connectivity index (χ0v) is 15.1. The van der Waals surface area contributed by atoms with Crippen molar-refractivity contribution >= 4 is 23.6 Å². The van der Waals surface area contributed by atoms with Crippen LogP contribution in [0.2, 0.25) is 0 Å². The molecule has 0 aromatic heterocycles. The van der Waals surface area contributed by atoms with Crippen LogP contribution in [0.15, 0.2) is 47.6 Å². The Kier molecular flexibility index (Phi) is 7.12. The van der Waals surface area contributed by atoms with Gasteiger partial charge in [-0.2, -0.15) is 18.3 Å². The van der Waals surface area contributed by atoms with Crippen LogP contribution in [0.1, 0.15) is 18.1 Å². The molecule has 0 saturated heterocycles. The first kappa shape index (κ1) is 21.7. The zero-order chi connectivity index (χ0) is 21.4. The lowest BCUT2D eigenvalue weighted by Gasteiger charge is -2.08. The third kappa shape index (κ3) is 6.48. The van der Waals surface area contributed by atoms with E-state index < -0.39 is 28.3 Å². The van der Waals surface area contributed by atoms with Crippen molar-refractivity contribution in [2.75, 3.05) is 18.6 Å². The molecule has 2 aromatic rings. The van der Waals surface area contributed by atoms with Crippen LogP contribution in [0.25, 0.3) is 0 Å². The predicted molar refractivity (Wildman–Crippen MR) is 97.9 cm³/mol.